The summed E-state index contributed by atoms with van der Waals surface area (Å²) in [6.45, 7) is 5.74. The number of hydrogen-bond donors (Lipinski definition) is 3. The fourth-order valence-electron chi connectivity index (χ4n) is 3.85. The molecular weight excluding hydrogens is 460 g/mol. The average Bonchev–Trinajstić information content (AvgIpc) is 2.83. The molecule has 4 rings (SSSR count). The molecule has 0 saturated heterocycles. The first-order chi connectivity index (χ1) is 16.7. The molecule has 178 valence electrons. The van der Waals surface area contributed by atoms with E-state index in [1.807, 2.05) is 60.5 Å². The van der Waals surface area contributed by atoms with Gasteiger partial charge in [-0.05, 0) is 75.7 Å². The van der Waals surface area contributed by atoms with Gasteiger partial charge in [-0.2, -0.15) is 5.26 Å². The highest BCUT2D eigenvalue weighted by Gasteiger charge is 2.22. The van der Waals surface area contributed by atoms with E-state index in [2.05, 4.69) is 33.9 Å². The Bertz CT molecular complexity index is 1360. The molecule has 1 unspecified atom stereocenters. The molecule has 0 bridgehead atoms. The van der Waals surface area contributed by atoms with E-state index in [1.165, 1.54) is 0 Å². The lowest BCUT2D eigenvalue weighted by Gasteiger charge is -2.30. The smallest absolute Gasteiger partial charge is 0.221 e. The van der Waals surface area contributed by atoms with Crippen LogP contribution < -0.4 is 5.73 Å². The highest BCUT2D eigenvalue weighted by molar-refractivity contribution is 7.75. The molecule has 9 heteroatoms. The predicted molar refractivity (Wildman–Crippen MR) is 137 cm³/mol. The van der Waals surface area contributed by atoms with Crippen molar-refractivity contribution in [3.63, 3.8) is 0 Å². The number of rotatable bonds is 6. The minimum absolute atomic E-state index is 0.131. The van der Waals surface area contributed by atoms with Gasteiger partial charge < -0.3 is 15.7 Å². The Labute approximate surface area is 210 Å². The first kappa shape index (κ1) is 24.4. The van der Waals surface area contributed by atoms with Crippen LogP contribution in [0, 0.1) is 18.3 Å². The molecule has 35 heavy (non-hydrogen) atoms. The van der Waals surface area contributed by atoms with E-state index in [-0.39, 0.29) is 5.95 Å². The van der Waals surface area contributed by atoms with Crippen LogP contribution >= 0.6 is 12.9 Å². The van der Waals surface area contributed by atoms with Crippen molar-refractivity contribution >= 4 is 24.4 Å². The number of nitriles is 1. The van der Waals surface area contributed by atoms with Gasteiger partial charge in [0.15, 0.2) is 6.23 Å². The summed E-state index contributed by atoms with van der Waals surface area (Å²) in [4.78, 5) is 15.3. The largest absolute Gasteiger partial charge is 0.384 e. The van der Waals surface area contributed by atoms with Crippen molar-refractivity contribution in [2.45, 2.75) is 39.1 Å². The Morgan fingerprint density at radius 1 is 1.17 bits per heavy atom. The van der Waals surface area contributed by atoms with Crippen LogP contribution in [-0.4, -0.2) is 31.2 Å². The van der Waals surface area contributed by atoms with Crippen LogP contribution in [0.5, 0.6) is 0 Å². The Hall–Kier alpha value is -3.71. The monoisotopic (exact) mass is 486 g/mol. The van der Waals surface area contributed by atoms with Gasteiger partial charge in [-0.1, -0.05) is 18.2 Å². The van der Waals surface area contributed by atoms with Crippen molar-refractivity contribution in [3.8, 4) is 17.3 Å². The fourth-order valence-corrected chi connectivity index (χ4v) is 4.03. The standard InChI is InChI=1S/C26H26N6O2S/c1-16-18(14-27)6-4-8-20(16)22-13-21(30-25(28)31-22)17-10-11-32(24(12-17)34-35)15-19-7-5-9-23(29-19)26(2,3)33/h4-13,24,33,35H,15H2,1-3H3,(H2,28,30,31). The first-order valence-electron chi connectivity index (χ1n) is 11.0. The van der Waals surface area contributed by atoms with Crippen molar-refractivity contribution in [2.75, 3.05) is 5.73 Å². The van der Waals surface area contributed by atoms with Crippen LogP contribution in [0.3, 0.4) is 0 Å². The van der Waals surface area contributed by atoms with Crippen LogP contribution in [0.15, 0.2) is 60.8 Å². The van der Waals surface area contributed by atoms with E-state index in [0.29, 0.717) is 29.2 Å². The summed E-state index contributed by atoms with van der Waals surface area (Å²) in [5.74, 6) is 0.131. The van der Waals surface area contributed by atoms with Crippen LogP contribution in [0.4, 0.5) is 5.95 Å². The zero-order chi connectivity index (χ0) is 25.2. The number of aromatic nitrogens is 3. The van der Waals surface area contributed by atoms with E-state index < -0.39 is 11.8 Å². The number of anilines is 1. The Kier molecular flexibility index (Phi) is 6.89. The minimum atomic E-state index is -1.03. The van der Waals surface area contributed by atoms with Crippen LogP contribution in [0.25, 0.3) is 16.8 Å². The van der Waals surface area contributed by atoms with Gasteiger partial charge in [0, 0.05) is 17.3 Å². The van der Waals surface area contributed by atoms with Gasteiger partial charge in [-0.3, -0.25) is 9.17 Å². The highest BCUT2D eigenvalue weighted by Crippen LogP contribution is 2.29. The third kappa shape index (κ3) is 5.35. The zero-order valence-corrected chi connectivity index (χ0v) is 20.6. The fraction of sp³-hybridized carbons (Fsp3) is 0.231. The van der Waals surface area contributed by atoms with E-state index in [4.69, 9.17) is 9.92 Å². The number of nitrogens with two attached hydrogens (primary N) is 1. The summed E-state index contributed by atoms with van der Waals surface area (Å²) in [6, 6.07) is 15.1. The topological polar surface area (TPSA) is 121 Å². The van der Waals surface area contributed by atoms with Gasteiger partial charge in [-0.25, -0.2) is 9.97 Å². The van der Waals surface area contributed by atoms with E-state index in [9.17, 15) is 10.4 Å². The van der Waals surface area contributed by atoms with Gasteiger partial charge in [0.2, 0.25) is 5.95 Å². The number of benzene rings is 1. The number of pyridine rings is 1. The van der Waals surface area contributed by atoms with E-state index >= 15 is 0 Å². The summed E-state index contributed by atoms with van der Waals surface area (Å²) < 4.78 is 5.42. The maximum atomic E-state index is 10.3. The van der Waals surface area contributed by atoms with Gasteiger partial charge >= 0.3 is 0 Å². The number of thiol groups is 1. The van der Waals surface area contributed by atoms with Gasteiger partial charge in [0.05, 0.1) is 41.0 Å². The number of aliphatic hydroxyl groups is 1. The quantitative estimate of drug-likeness (QED) is 0.351. The molecular formula is C26H26N6O2S. The van der Waals surface area contributed by atoms with Crippen LogP contribution in [0.2, 0.25) is 0 Å². The maximum absolute atomic E-state index is 10.3. The van der Waals surface area contributed by atoms with Crippen LogP contribution in [-0.2, 0) is 16.3 Å². The molecule has 0 aliphatic carbocycles. The van der Waals surface area contributed by atoms with Crippen molar-refractivity contribution in [1.82, 2.24) is 19.9 Å². The molecule has 0 amide bonds. The van der Waals surface area contributed by atoms with Crippen molar-refractivity contribution < 1.29 is 9.29 Å². The second kappa shape index (κ2) is 9.88. The third-order valence-corrected chi connectivity index (χ3v) is 5.97. The number of nitrogen functional groups attached to an aromatic ring is 1. The molecule has 3 N–H and O–H groups in total. The molecule has 1 aliphatic heterocycles. The lowest BCUT2D eigenvalue weighted by molar-refractivity contribution is 0.0730. The SMILES string of the molecule is Cc1c(C#N)cccc1-c1cc(C2=CC(OS)N(Cc3cccc(C(C)(C)O)n3)C=C2)nc(N)n1. The average molecular weight is 487 g/mol. The lowest BCUT2D eigenvalue weighted by Crippen LogP contribution is -2.32. The molecule has 2 aromatic heterocycles. The molecule has 0 radical (unpaired) electrons. The number of allylic oxidation sites excluding steroid dienone is 2. The van der Waals surface area contributed by atoms with Crippen LogP contribution in [0.1, 0.15) is 42.1 Å². The zero-order valence-electron chi connectivity index (χ0n) is 19.7. The normalized spacial score (nSPS) is 15.6. The third-order valence-electron chi connectivity index (χ3n) is 5.75. The van der Waals surface area contributed by atoms with Gasteiger partial charge in [-0.15, -0.1) is 0 Å². The van der Waals surface area contributed by atoms with E-state index in [1.54, 1.807) is 26.0 Å². The second-order valence-corrected chi connectivity index (χ2v) is 8.98. The maximum Gasteiger partial charge on any atom is 0.221 e. The molecule has 8 nitrogen and oxygen atoms in total. The summed E-state index contributed by atoms with van der Waals surface area (Å²) in [5, 5.41) is 19.7. The molecule has 3 aromatic rings. The van der Waals surface area contributed by atoms with Crippen molar-refractivity contribution in [1.29, 1.82) is 5.26 Å². The Balaban J connectivity index is 1.62. The van der Waals surface area contributed by atoms with Gasteiger partial charge in [0.1, 0.15) is 5.60 Å². The summed E-state index contributed by atoms with van der Waals surface area (Å²) in [5.41, 5.74) is 10.7. The Morgan fingerprint density at radius 2 is 1.91 bits per heavy atom. The second-order valence-electron chi connectivity index (χ2n) is 8.77. The molecule has 0 saturated carbocycles. The highest BCUT2D eigenvalue weighted by atomic mass is 32.1. The number of hydrogen-bond acceptors (Lipinski definition) is 9. The number of nitrogens with zero attached hydrogens (tertiary/aromatic N) is 5. The Morgan fingerprint density at radius 3 is 2.63 bits per heavy atom. The van der Waals surface area contributed by atoms with Crippen molar-refractivity contribution in [3.05, 3.63) is 89.0 Å². The van der Waals surface area contributed by atoms with Gasteiger partial charge in [0.25, 0.3) is 0 Å². The van der Waals surface area contributed by atoms with E-state index in [0.717, 1.165) is 22.4 Å². The summed E-state index contributed by atoms with van der Waals surface area (Å²) in [6.07, 6.45) is 5.19. The molecule has 0 fully saturated rings. The molecule has 3 heterocycles. The first-order valence-corrected chi connectivity index (χ1v) is 11.4. The molecule has 1 aromatic carbocycles. The molecule has 0 spiro atoms. The summed E-state index contributed by atoms with van der Waals surface area (Å²) >= 11 is 4.07. The molecule has 1 aliphatic rings. The summed E-state index contributed by atoms with van der Waals surface area (Å²) in [7, 11) is 0. The lowest BCUT2D eigenvalue weighted by atomic mass is 9.99. The van der Waals surface area contributed by atoms with Crippen molar-refractivity contribution in [2.24, 2.45) is 0 Å². The molecule has 1 atom stereocenters. The predicted octanol–water partition coefficient (Wildman–Crippen LogP) is 4.13. The minimum Gasteiger partial charge on any atom is -0.384 e.